The van der Waals surface area contributed by atoms with E-state index in [1.165, 1.54) is 5.56 Å². The number of rotatable bonds is 10. The SMILES string of the molecule is CCCNCC(OCCC(C)C)c1ccc(OC)cc1. The first-order valence-electron chi connectivity index (χ1n) is 7.63. The summed E-state index contributed by atoms with van der Waals surface area (Å²) in [5.41, 5.74) is 1.21. The summed E-state index contributed by atoms with van der Waals surface area (Å²) in [6.45, 7) is 9.32. The molecule has 0 saturated heterocycles. The summed E-state index contributed by atoms with van der Waals surface area (Å²) >= 11 is 0. The van der Waals surface area contributed by atoms with Crippen LogP contribution in [0.3, 0.4) is 0 Å². The molecule has 1 atom stereocenters. The Hall–Kier alpha value is -1.06. The molecule has 0 saturated carbocycles. The molecule has 3 nitrogen and oxygen atoms in total. The summed E-state index contributed by atoms with van der Waals surface area (Å²) in [5.74, 6) is 1.56. The molecule has 114 valence electrons. The molecular weight excluding hydrogens is 250 g/mol. The molecule has 20 heavy (non-hydrogen) atoms. The number of hydrogen-bond donors (Lipinski definition) is 1. The van der Waals surface area contributed by atoms with E-state index in [1.807, 2.05) is 12.1 Å². The summed E-state index contributed by atoms with van der Waals surface area (Å²) in [6.07, 6.45) is 2.35. The predicted octanol–water partition coefficient (Wildman–Crippen LogP) is 3.80. The molecule has 0 spiro atoms. The first-order chi connectivity index (χ1) is 9.67. The Balaban J connectivity index is 2.58. The van der Waals surface area contributed by atoms with Gasteiger partial charge in [-0.25, -0.2) is 0 Å². The van der Waals surface area contributed by atoms with Gasteiger partial charge in [-0.3, -0.25) is 0 Å². The predicted molar refractivity (Wildman–Crippen MR) is 84.3 cm³/mol. The fraction of sp³-hybridized carbons (Fsp3) is 0.647. The van der Waals surface area contributed by atoms with Gasteiger partial charge < -0.3 is 14.8 Å². The van der Waals surface area contributed by atoms with Gasteiger partial charge in [-0.15, -0.1) is 0 Å². The number of benzene rings is 1. The monoisotopic (exact) mass is 279 g/mol. The minimum atomic E-state index is 0.117. The Morgan fingerprint density at radius 3 is 2.40 bits per heavy atom. The van der Waals surface area contributed by atoms with Gasteiger partial charge in [0.1, 0.15) is 5.75 Å². The molecule has 0 heterocycles. The van der Waals surface area contributed by atoms with Gasteiger partial charge in [-0.1, -0.05) is 32.9 Å². The standard InChI is InChI=1S/C17H29NO2/c1-5-11-18-13-17(20-12-10-14(2)3)15-6-8-16(19-4)9-7-15/h6-9,14,17-18H,5,10-13H2,1-4H3. The summed E-state index contributed by atoms with van der Waals surface area (Å²) in [7, 11) is 1.69. The van der Waals surface area contributed by atoms with Crippen LogP contribution in [0.2, 0.25) is 0 Å². The molecule has 0 radical (unpaired) electrons. The van der Waals surface area contributed by atoms with E-state index in [9.17, 15) is 0 Å². The molecular formula is C17H29NO2. The van der Waals surface area contributed by atoms with E-state index in [1.54, 1.807) is 7.11 Å². The van der Waals surface area contributed by atoms with Crippen LogP contribution in [-0.4, -0.2) is 26.8 Å². The zero-order chi connectivity index (χ0) is 14.8. The lowest BCUT2D eigenvalue weighted by molar-refractivity contribution is 0.0459. The zero-order valence-electron chi connectivity index (χ0n) is 13.3. The van der Waals surface area contributed by atoms with Crippen molar-refractivity contribution in [1.82, 2.24) is 5.32 Å². The lowest BCUT2D eigenvalue weighted by Gasteiger charge is -2.20. The maximum Gasteiger partial charge on any atom is 0.118 e. The maximum absolute atomic E-state index is 6.06. The Labute approximate surface area is 123 Å². The van der Waals surface area contributed by atoms with E-state index in [2.05, 4.69) is 38.2 Å². The van der Waals surface area contributed by atoms with Crippen LogP contribution < -0.4 is 10.1 Å². The maximum atomic E-state index is 6.06. The van der Waals surface area contributed by atoms with Gasteiger partial charge in [0.25, 0.3) is 0 Å². The third kappa shape index (κ3) is 6.40. The summed E-state index contributed by atoms with van der Waals surface area (Å²) in [6, 6.07) is 8.17. The van der Waals surface area contributed by atoms with E-state index in [0.717, 1.165) is 38.3 Å². The van der Waals surface area contributed by atoms with E-state index in [0.29, 0.717) is 5.92 Å². The molecule has 0 aliphatic carbocycles. The summed E-state index contributed by atoms with van der Waals surface area (Å²) in [4.78, 5) is 0. The van der Waals surface area contributed by atoms with Crippen LogP contribution in [0.15, 0.2) is 24.3 Å². The van der Waals surface area contributed by atoms with Crippen molar-refractivity contribution in [3.63, 3.8) is 0 Å². The van der Waals surface area contributed by atoms with Crippen LogP contribution in [0.1, 0.15) is 45.3 Å². The summed E-state index contributed by atoms with van der Waals surface area (Å²) < 4.78 is 11.3. The topological polar surface area (TPSA) is 30.5 Å². The van der Waals surface area contributed by atoms with E-state index in [-0.39, 0.29) is 6.10 Å². The number of nitrogens with one attached hydrogen (secondary N) is 1. The summed E-state index contributed by atoms with van der Waals surface area (Å²) in [5, 5.41) is 3.44. The number of methoxy groups -OCH3 is 1. The fourth-order valence-electron chi connectivity index (χ4n) is 1.95. The minimum absolute atomic E-state index is 0.117. The molecule has 0 aliphatic rings. The van der Waals surface area contributed by atoms with Crippen LogP contribution >= 0.6 is 0 Å². The Kier molecular flexibility index (Phi) is 8.31. The molecule has 1 aromatic rings. The van der Waals surface area contributed by atoms with Gasteiger partial charge >= 0.3 is 0 Å². The number of ether oxygens (including phenoxy) is 2. The van der Waals surface area contributed by atoms with Gasteiger partial charge in [-0.2, -0.15) is 0 Å². The van der Waals surface area contributed by atoms with Crippen LogP contribution in [0.5, 0.6) is 5.75 Å². The molecule has 1 aromatic carbocycles. The van der Waals surface area contributed by atoms with Crippen molar-refractivity contribution in [2.24, 2.45) is 5.92 Å². The highest BCUT2D eigenvalue weighted by atomic mass is 16.5. The molecule has 0 aromatic heterocycles. The average molecular weight is 279 g/mol. The van der Waals surface area contributed by atoms with Crippen molar-refractivity contribution in [3.8, 4) is 5.75 Å². The van der Waals surface area contributed by atoms with E-state index in [4.69, 9.17) is 9.47 Å². The van der Waals surface area contributed by atoms with Gasteiger partial charge in [-0.05, 0) is 43.0 Å². The Bertz CT molecular complexity index is 349. The first kappa shape index (κ1) is 17.0. The largest absolute Gasteiger partial charge is 0.497 e. The van der Waals surface area contributed by atoms with Crippen LogP contribution in [0.4, 0.5) is 0 Å². The van der Waals surface area contributed by atoms with Crippen molar-refractivity contribution in [2.45, 2.75) is 39.7 Å². The van der Waals surface area contributed by atoms with Crippen molar-refractivity contribution in [3.05, 3.63) is 29.8 Å². The highest BCUT2D eigenvalue weighted by molar-refractivity contribution is 5.28. The third-order valence-electron chi connectivity index (χ3n) is 3.26. The molecule has 1 N–H and O–H groups in total. The van der Waals surface area contributed by atoms with Crippen LogP contribution in [0, 0.1) is 5.92 Å². The molecule has 3 heteroatoms. The highest BCUT2D eigenvalue weighted by Gasteiger charge is 2.12. The Morgan fingerprint density at radius 2 is 1.85 bits per heavy atom. The normalized spacial score (nSPS) is 12.7. The molecule has 0 bridgehead atoms. The van der Waals surface area contributed by atoms with Crippen molar-refractivity contribution < 1.29 is 9.47 Å². The zero-order valence-corrected chi connectivity index (χ0v) is 13.3. The molecule has 1 rings (SSSR count). The Morgan fingerprint density at radius 1 is 1.15 bits per heavy atom. The van der Waals surface area contributed by atoms with Gasteiger partial charge in [0, 0.05) is 13.2 Å². The second kappa shape index (κ2) is 9.78. The fourth-order valence-corrected chi connectivity index (χ4v) is 1.95. The van der Waals surface area contributed by atoms with Gasteiger partial charge in [0.15, 0.2) is 0 Å². The third-order valence-corrected chi connectivity index (χ3v) is 3.26. The smallest absolute Gasteiger partial charge is 0.118 e. The van der Waals surface area contributed by atoms with Crippen LogP contribution in [-0.2, 0) is 4.74 Å². The molecule has 0 amide bonds. The van der Waals surface area contributed by atoms with Gasteiger partial charge in [0.2, 0.25) is 0 Å². The first-order valence-corrected chi connectivity index (χ1v) is 7.63. The van der Waals surface area contributed by atoms with Crippen molar-refractivity contribution in [2.75, 3.05) is 26.8 Å². The lowest BCUT2D eigenvalue weighted by Crippen LogP contribution is -2.24. The second-order valence-corrected chi connectivity index (χ2v) is 5.52. The molecule has 0 aliphatic heterocycles. The minimum Gasteiger partial charge on any atom is -0.497 e. The molecule has 0 fully saturated rings. The lowest BCUT2D eigenvalue weighted by atomic mass is 10.1. The van der Waals surface area contributed by atoms with Crippen molar-refractivity contribution in [1.29, 1.82) is 0 Å². The van der Waals surface area contributed by atoms with Crippen molar-refractivity contribution >= 4 is 0 Å². The van der Waals surface area contributed by atoms with Crippen LogP contribution in [0.25, 0.3) is 0 Å². The van der Waals surface area contributed by atoms with E-state index >= 15 is 0 Å². The highest BCUT2D eigenvalue weighted by Crippen LogP contribution is 2.21. The second-order valence-electron chi connectivity index (χ2n) is 5.52. The average Bonchev–Trinajstić information content (AvgIpc) is 2.46. The van der Waals surface area contributed by atoms with E-state index < -0.39 is 0 Å². The molecule has 1 unspecified atom stereocenters. The quantitative estimate of drug-likeness (QED) is 0.661. The van der Waals surface area contributed by atoms with Gasteiger partial charge in [0.05, 0.1) is 13.2 Å². The number of hydrogen-bond acceptors (Lipinski definition) is 3.